The average molecular weight is 250 g/mol. The molecule has 0 amide bonds. The number of hydrogen-bond acceptors (Lipinski definition) is 2. The topological polar surface area (TPSA) is 29.3 Å². The first-order valence-corrected chi connectivity index (χ1v) is 7.02. The van der Waals surface area contributed by atoms with Crippen molar-refractivity contribution >= 4 is 0 Å². The van der Waals surface area contributed by atoms with Gasteiger partial charge in [-0.15, -0.1) is 0 Å². The smallest absolute Gasteiger partial charge is 0.0614 e. The van der Waals surface area contributed by atoms with Gasteiger partial charge in [0.05, 0.1) is 6.04 Å². The highest BCUT2D eigenvalue weighted by molar-refractivity contribution is 5.78. The predicted molar refractivity (Wildman–Crippen MR) is 77.9 cm³/mol. The molecule has 2 N–H and O–H groups in total. The zero-order valence-electron chi connectivity index (χ0n) is 10.9. The second-order valence-electron chi connectivity index (χ2n) is 5.62. The highest BCUT2D eigenvalue weighted by Gasteiger charge is 2.35. The molecule has 0 saturated carbocycles. The van der Waals surface area contributed by atoms with Crippen LogP contribution in [-0.2, 0) is 0 Å². The first-order chi connectivity index (χ1) is 9.34. The van der Waals surface area contributed by atoms with Crippen molar-refractivity contribution in [2.75, 3.05) is 13.1 Å². The largest absolute Gasteiger partial charge is 0.326 e. The molecular weight excluding hydrogens is 232 g/mol. The Hall–Kier alpha value is -1.64. The van der Waals surface area contributed by atoms with Crippen LogP contribution in [0.25, 0.3) is 11.1 Å². The minimum absolute atomic E-state index is 0.333. The highest BCUT2D eigenvalue weighted by atomic mass is 15.2. The molecule has 0 unspecified atom stereocenters. The van der Waals surface area contributed by atoms with Crippen LogP contribution in [0.3, 0.4) is 0 Å². The lowest BCUT2D eigenvalue weighted by molar-refractivity contribution is 0.282. The number of hydrogen-bond donors (Lipinski definition) is 1. The van der Waals surface area contributed by atoms with Crippen LogP contribution in [0, 0.1) is 0 Å². The van der Waals surface area contributed by atoms with E-state index in [4.69, 9.17) is 5.73 Å². The number of benzene rings is 2. The Balaban J connectivity index is 1.87. The van der Waals surface area contributed by atoms with E-state index in [1.54, 1.807) is 0 Å². The van der Waals surface area contributed by atoms with E-state index in [2.05, 4.69) is 53.4 Å². The number of likely N-dealkylation sites (tertiary alicyclic amines) is 1. The van der Waals surface area contributed by atoms with Crippen molar-refractivity contribution in [2.45, 2.75) is 18.5 Å². The molecule has 1 saturated heterocycles. The Morgan fingerprint density at radius 2 is 1.47 bits per heavy atom. The summed E-state index contributed by atoms with van der Waals surface area (Å²) < 4.78 is 0. The van der Waals surface area contributed by atoms with Crippen molar-refractivity contribution < 1.29 is 0 Å². The van der Waals surface area contributed by atoms with Crippen molar-refractivity contribution in [1.82, 2.24) is 4.90 Å². The number of fused-ring (bicyclic) bond motifs is 3. The monoisotopic (exact) mass is 250 g/mol. The SMILES string of the molecule is N[C@H]1CCN(C2c3ccccc3-c3ccccc32)C1. The quantitative estimate of drug-likeness (QED) is 0.843. The van der Waals surface area contributed by atoms with Crippen LogP contribution in [0.5, 0.6) is 0 Å². The maximum atomic E-state index is 6.09. The van der Waals surface area contributed by atoms with Crippen molar-refractivity contribution in [3.05, 3.63) is 59.7 Å². The summed E-state index contributed by atoms with van der Waals surface area (Å²) in [4.78, 5) is 2.54. The predicted octanol–water partition coefficient (Wildman–Crippen LogP) is 2.79. The first-order valence-electron chi connectivity index (χ1n) is 7.02. The van der Waals surface area contributed by atoms with Crippen molar-refractivity contribution in [3.63, 3.8) is 0 Å². The van der Waals surface area contributed by atoms with Crippen LogP contribution < -0.4 is 5.73 Å². The lowest BCUT2D eigenvalue weighted by Crippen LogP contribution is -2.29. The summed E-state index contributed by atoms with van der Waals surface area (Å²) in [6.07, 6.45) is 1.11. The third kappa shape index (κ3) is 1.64. The maximum Gasteiger partial charge on any atom is 0.0614 e. The van der Waals surface area contributed by atoms with E-state index >= 15 is 0 Å². The molecule has 2 nitrogen and oxygen atoms in total. The van der Waals surface area contributed by atoms with Gasteiger partial charge in [-0.25, -0.2) is 0 Å². The third-order valence-corrected chi connectivity index (χ3v) is 4.42. The molecule has 1 atom stereocenters. The van der Waals surface area contributed by atoms with Crippen LogP contribution in [0.1, 0.15) is 23.6 Å². The van der Waals surface area contributed by atoms with Crippen LogP contribution in [0.15, 0.2) is 48.5 Å². The average Bonchev–Trinajstić information content (AvgIpc) is 3.00. The minimum atomic E-state index is 0.333. The summed E-state index contributed by atoms with van der Waals surface area (Å²) in [5.74, 6) is 0. The fraction of sp³-hybridized carbons (Fsp3) is 0.294. The fourth-order valence-corrected chi connectivity index (χ4v) is 3.57. The van der Waals surface area contributed by atoms with Crippen LogP contribution in [-0.4, -0.2) is 24.0 Å². The van der Waals surface area contributed by atoms with E-state index in [9.17, 15) is 0 Å². The van der Waals surface area contributed by atoms with Crippen LogP contribution in [0.2, 0.25) is 0 Å². The van der Waals surface area contributed by atoms with Gasteiger partial charge in [0.1, 0.15) is 0 Å². The van der Waals surface area contributed by atoms with Crippen LogP contribution in [0.4, 0.5) is 0 Å². The molecule has 1 aliphatic heterocycles. The highest BCUT2D eigenvalue weighted by Crippen LogP contribution is 2.46. The van der Waals surface area contributed by atoms with Crippen LogP contribution >= 0.6 is 0 Å². The van der Waals surface area contributed by atoms with Gasteiger partial charge in [-0.3, -0.25) is 4.90 Å². The lowest BCUT2D eigenvalue weighted by atomic mass is 10.0. The van der Waals surface area contributed by atoms with E-state index in [1.165, 1.54) is 22.3 Å². The molecule has 0 bridgehead atoms. The van der Waals surface area contributed by atoms with Gasteiger partial charge in [-0.05, 0) is 28.7 Å². The number of nitrogens with zero attached hydrogens (tertiary/aromatic N) is 1. The summed E-state index contributed by atoms with van der Waals surface area (Å²) in [7, 11) is 0. The Morgan fingerprint density at radius 3 is 2.00 bits per heavy atom. The summed E-state index contributed by atoms with van der Waals surface area (Å²) in [5.41, 5.74) is 11.8. The molecule has 1 fully saturated rings. The van der Waals surface area contributed by atoms with Gasteiger partial charge in [-0.2, -0.15) is 0 Å². The Labute approximate surface area is 113 Å². The lowest BCUT2D eigenvalue weighted by Gasteiger charge is -2.25. The molecule has 2 aromatic carbocycles. The zero-order chi connectivity index (χ0) is 12.8. The molecule has 0 radical (unpaired) electrons. The van der Waals surface area contributed by atoms with Gasteiger partial charge in [-0.1, -0.05) is 48.5 Å². The molecular formula is C17H18N2. The Kier molecular flexibility index (Phi) is 2.47. The van der Waals surface area contributed by atoms with E-state index in [1.807, 2.05) is 0 Å². The standard InChI is InChI=1S/C17H18N2/c18-12-9-10-19(11-12)17-15-7-3-1-5-13(15)14-6-2-4-8-16(14)17/h1-8,12,17H,9-11,18H2/t12-/m0/s1. The molecule has 2 heteroatoms. The van der Waals surface area contributed by atoms with Crippen molar-refractivity contribution in [2.24, 2.45) is 5.73 Å². The van der Waals surface area contributed by atoms with E-state index in [0.29, 0.717) is 12.1 Å². The summed E-state index contributed by atoms with van der Waals surface area (Å²) in [5, 5.41) is 0. The zero-order valence-corrected chi connectivity index (χ0v) is 10.9. The molecule has 1 heterocycles. The molecule has 1 aliphatic carbocycles. The van der Waals surface area contributed by atoms with E-state index in [-0.39, 0.29) is 0 Å². The molecule has 0 spiro atoms. The van der Waals surface area contributed by atoms with E-state index in [0.717, 1.165) is 19.5 Å². The first kappa shape index (κ1) is 11.2. The summed E-state index contributed by atoms with van der Waals surface area (Å²) >= 11 is 0. The van der Waals surface area contributed by atoms with E-state index < -0.39 is 0 Å². The molecule has 2 aromatic rings. The van der Waals surface area contributed by atoms with Gasteiger partial charge < -0.3 is 5.73 Å². The van der Waals surface area contributed by atoms with Gasteiger partial charge in [0.25, 0.3) is 0 Å². The fourth-order valence-electron chi connectivity index (χ4n) is 3.57. The Morgan fingerprint density at radius 1 is 0.895 bits per heavy atom. The molecule has 19 heavy (non-hydrogen) atoms. The maximum absolute atomic E-state index is 6.09. The molecule has 0 aromatic heterocycles. The number of nitrogens with two attached hydrogens (primary N) is 1. The molecule has 96 valence electrons. The van der Waals surface area contributed by atoms with Crippen molar-refractivity contribution in [1.29, 1.82) is 0 Å². The van der Waals surface area contributed by atoms with Crippen molar-refractivity contribution in [3.8, 4) is 11.1 Å². The van der Waals surface area contributed by atoms with Gasteiger partial charge in [0.2, 0.25) is 0 Å². The minimum Gasteiger partial charge on any atom is -0.326 e. The molecule has 2 aliphatic rings. The third-order valence-electron chi connectivity index (χ3n) is 4.42. The van der Waals surface area contributed by atoms with Gasteiger partial charge in [0.15, 0.2) is 0 Å². The molecule has 4 rings (SSSR count). The second kappa shape index (κ2) is 4.19. The second-order valence-corrected chi connectivity index (χ2v) is 5.62. The normalized spacial score (nSPS) is 22.5. The van der Waals surface area contributed by atoms with Gasteiger partial charge in [0, 0.05) is 19.1 Å². The Bertz CT molecular complexity index is 575. The number of rotatable bonds is 1. The summed E-state index contributed by atoms with van der Waals surface area (Å²) in [6, 6.07) is 18.3. The van der Waals surface area contributed by atoms with Gasteiger partial charge >= 0.3 is 0 Å². The summed E-state index contributed by atoms with van der Waals surface area (Å²) in [6.45, 7) is 2.11.